The minimum atomic E-state index is -0.794. The molecule has 1 aliphatic carbocycles. The molecule has 0 bridgehead atoms. The summed E-state index contributed by atoms with van der Waals surface area (Å²) < 4.78 is 10.3. The summed E-state index contributed by atoms with van der Waals surface area (Å²) in [6.07, 6.45) is 1.77. The Labute approximate surface area is 123 Å². The average Bonchev–Trinajstić information content (AvgIpc) is 2.95. The van der Waals surface area contributed by atoms with Crippen LogP contribution in [0, 0.1) is 5.92 Å². The Bertz CT molecular complexity index is 543. The maximum Gasteiger partial charge on any atom is 0.306 e. The number of aliphatic carboxylic acids is 1. The van der Waals surface area contributed by atoms with E-state index in [1.54, 1.807) is 18.2 Å². The Morgan fingerprint density at radius 1 is 1.19 bits per heavy atom. The summed E-state index contributed by atoms with van der Waals surface area (Å²) in [6, 6.07) is 4.84. The van der Waals surface area contributed by atoms with Gasteiger partial charge in [0.1, 0.15) is 0 Å². The maximum absolute atomic E-state index is 12.2. The topological polar surface area (TPSA) is 84.9 Å². The van der Waals surface area contributed by atoms with E-state index in [-0.39, 0.29) is 17.9 Å². The second-order valence-corrected chi connectivity index (χ2v) is 5.09. The second kappa shape index (κ2) is 6.47. The van der Waals surface area contributed by atoms with Crippen LogP contribution < -0.4 is 14.8 Å². The number of carbonyl (C=O) groups excluding carboxylic acids is 1. The first-order valence-corrected chi connectivity index (χ1v) is 6.80. The predicted molar refractivity (Wildman–Crippen MR) is 75.8 cm³/mol. The quantitative estimate of drug-likeness (QED) is 0.863. The Kier molecular flexibility index (Phi) is 4.67. The van der Waals surface area contributed by atoms with Crippen LogP contribution in [-0.2, 0) is 4.79 Å². The number of ether oxygens (including phenoxy) is 2. The van der Waals surface area contributed by atoms with Crippen molar-refractivity contribution in [2.24, 2.45) is 5.92 Å². The molecule has 2 rings (SSSR count). The zero-order valence-electron chi connectivity index (χ0n) is 12.1. The Morgan fingerprint density at radius 2 is 1.90 bits per heavy atom. The van der Waals surface area contributed by atoms with Crippen LogP contribution >= 0.6 is 0 Å². The Morgan fingerprint density at radius 3 is 2.48 bits per heavy atom. The zero-order chi connectivity index (χ0) is 15.4. The van der Waals surface area contributed by atoms with Gasteiger partial charge in [-0.15, -0.1) is 0 Å². The highest BCUT2D eigenvalue weighted by Crippen LogP contribution is 2.29. The molecule has 6 heteroatoms. The molecule has 1 aromatic rings. The first-order chi connectivity index (χ1) is 10.0. The number of carboxylic acids is 1. The molecule has 1 aromatic carbocycles. The van der Waals surface area contributed by atoms with Crippen LogP contribution in [0.2, 0.25) is 0 Å². The number of nitrogens with one attached hydrogen (secondary N) is 1. The summed E-state index contributed by atoms with van der Waals surface area (Å²) in [7, 11) is 3.04. The number of benzene rings is 1. The molecule has 0 heterocycles. The third-order valence-electron chi connectivity index (χ3n) is 3.76. The van der Waals surface area contributed by atoms with E-state index in [0.29, 0.717) is 36.3 Å². The maximum atomic E-state index is 12.2. The largest absolute Gasteiger partial charge is 0.493 e. The molecule has 1 saturated carbocycles. The van der Waals surface area contributed by atoms with Gasteiger partial charge in [0.05, 0.1) is 20.1 Å². The first kappa shape index (κ1) is 15.2. The fourth-order valence-electron chi connectivity index (χ4n) is 2.58. The molecule has 114 valence electrons. The van der Waals surface area contributed by atoms with E-state index >= 15 is 0 Å². The molecule has 0 radical (unpaired) electrons. The SMILES string of the molecule is COc1ccc(C(=O)N[C@H]2CC[C@@H](C(=O)O)C2)cc1OC. The summed E-state index contributed by atoms with van der Waals surface area (Å²) in [5.74, 6) is -0.341. The molecule has 21 heavy (non-hydrogen) atoms. The summed E-state index contributed by atoms with van der Waals surface area (Å²) in [5.41, 5.74) is 0.464. The van der Waals surface area contributed by atoms with Crippen molar-refractivity contribution in [2.75, 3.05) is 14.2 Å². The number of rotatable bonds is 5. The molecule has 1 fully saturated rings. The third-order valence-corrected chi connectivity index (χ3v) is 3.76. The summed E-state index contributed by atoms with van der Waals surface area (Å²) in [5, 5.41) is 11.8. The van der Waals surface area contributed by atoms with Crippen LogP contribution in [0.25, 0.3) is 0 Å². The number of hydrogen-bond donors (Lipinski definition) is 2. The van der Waals surface area contributed by atoms with Crippen LogP contribution in [0.15, 0.2) is 18.2 Å². The van der Waals surface area contributed by atoms with E-state index in [0.717, 1.165) is 0 Å². The van der Waals surface area contributed by atoms with Crippen LogP contribution in [0.1, 0.15) is 29.6 Å². The number of methoxy groups -OCH3 is 2. The van der Waals surface area contributed by atoms with Crippen LogP contribution in [0.5, 0.6) is 11.5 Å². The molecule has 0 saturated heterocycles. The molecule has 6 nitrogen and oxygen atoms in total. The predicted octanol–water partition coefficient (Wildman–Crippen LogP) is 1.69. The van der Waals surface area contributed by atoms with Crippen molar-refractivity contribution in [3.63, 3.8) is 0 Å². The molecular weight excluding hydrogens is 274 g/mol. The van der Waals surface area contributed by atoms with E-state index < -0.39 is 5.97 Å². The van der Waals surface area contributed by atoms with E-state index in [2.05, 4.69) is 5.32 Å². The van der Waals surface area contributed by atoms with Crippen LogP contribution in [0.3, 0.4) is 0 Å². The van der Waals surface area contributed by atoms with Gasteiger partial charge in [0.25, 0.3) is 5.91 Å². The van der Waals surface area contributed by atoms with Crippen molar-refractivity contribution in [1.29, 1.82) is 0 Å². The van der Waals surface area contributed by atoms with Crippen molar-refractivity contribution in [3.05, 3.63) is 23.8 Å². The van der Waals surface area contributed by atoms with Gasteiger partial charge in [0.15, 0.2) is 11.5 Å². The molecule has 0 aromatic heterocycles. The fourth-order valence-corrected chi connectivity index (χ4v) is 2.58. The van der Waals surface area contributed by atoms with Gasteiger partial charge >= 0.3 is 5.97 Å². The molecule has 2 N–H and O–H groups in total. The smallest absolute Gasteiger partial charge is 0.306 e. The first-order valence-electron chi connectivity index (χ1n) is 6.80. The molecule has 0 spiro atoms. The van der Waals surface area contributed by atoms with Crippen LogP contribution in [-0.4, -0.2) is 37.2 Å². The molecule has 1 amide bonds. The van der Waals surface area contributed by atoms with Gasteiger partial charge in [-0.25, -0.2) is 0 Å². The van der Waals surface area contributed by atoms with Gasteiger partial charge in [0, 0.05) is 11.6 Å². The van der Waals surface area contributed by atoms with E-state index in [1.165, 1.54) is 14.2 Å². The van der Waals surface area contributed by atoms with E-state index in [1.807, 2.05) is 0 Å². The van der Waals surface area contributed by atoms with Crippen molar-refractivity contribution < 1.29 is 24.2 Å². The van der Waals surface area contributed by atoms with Gasteiger partial charge in [0.2, 0.25) is 0 Å². The number of carbonyl (C=O) groups is 2. The van der Waals surface area contributed by atoms with Gasteiger partial charge in [-0.2, -0.15) is 0 Å². The third kappa shape index (κ3) is 3.45. The summed E-state index contributed by atoms with van der Waals surface area (Å²) in [6.45, 7) is 0. The molecule has 1 aliphatic rings. The van der Waals surface area contributed by atoms with Crippen molar-refractivity contribution >= 4 is 11.9 Å². The lowest BCUT2D eigenvalue weighted by molar-refractivity contribution is -0.141. The van der Waals surface area contributed by atoms with Gasteiger partial charge in [-0.05, 0) is 37.5 Å². The Balaban J connectivity index is 2.02. The average molecular weight is 293 g/mol. The molecule has 0 aliphatic heterocycles. The number of carboxylic acid groups (broad SMARTS) is 1. The van der Waals surface area contributed by atoms with Crippen molar-refractivity contribution in [3.8, 4) is 11.5 Å². The highest BCUT2D eigenvalue weighted by molar-refractivity contribution is 5.95. The highest BCUT2D eigenvalue weighted by atomic mass is 16.5. The Hall–Kier alpha value is -2.24. The van der Waals surface area contributed by atoms with Gasteiger partial charge < -0.3 is 19.9 Å². The fraction of sp³-hybridized carbons (Fsp3) is 0.467. The molecule has 2 atom stereocenters. The summed E-state index contributed by atoms with van der Waals surface area (Å²) >= 11 is 0. The minimum Gasteiger partial charge on any atom is -0.493 e. The zero-order valence-corrected chi connectivity index (χ0v) is 12.1. The van der Waals surface area contributed by atoms with Crippen LogP contribution in [0.4, 0.5) is 0 Å². The van der Waals surface area contributed by atoms with Crippen molar-refractivity contribution in [2.45, 2.75) is 25.3 Å². The lowest BCUT2D eigenvalue weighted by Crippen LogP contribution is -2.33. The minimum absolute atomic E-state index is 0.0910. The van der Waals surface area contributed by atoms with Gasteiger partial charge in [-0.3, -0.25) is 9.59 Å². The van der Waals surface area contributed by atoms with E-state index in [4.69, 9.17) is 14.6 Å². The molecular formula is C15H19NO5. The number of hydrogen-bond acceptors (Lipinski definition) is 4. The lowest BCUT2D eigenvalue weighted by Gasteiger charge is -2.14. The summed E-state index contributed by atoms with van der Waals surface area (Å²) in [4.78, 5) is 23.1. The van der Waals surface area contributed by atoms with Gasteiger partial charge in [-0.1, -0.05) is 0 Å². The molecule has 0 unspecified atom stereocenters. The second-order valence-electron chi connectivity index (χ2n) is 5.09. The monoisotopic (exact) mass is 293 g/mol. The number of amides is 1. The highest BCUT2D eigenvalue weighted by Gasteiger charge is 2.30. The van der Waals surface area contributed by atoms with Crippen molar-refractivity contribution in [1.82, 2.24) is 5.32 Å². The normalized spacial score (nSPS) is 20.9. The lowest BCUT2D eigenvalue weighted by atomic mass is 10.1. The standard InChI is InChI=1S/C15H19NO5/c1-20-12-6-4-9(8-13(12)21-2)14(17)16-11-5-3-10(7-11)15(18)19/h4,6,8,10-11H,3,5,7H2,1-2H3,(H,16,17)(H,18,19)/t10-,11+/m1/s1. The van der Waals surface area contributed by atoms with E-state index in [9.17, 15) is 9.59 Å².